The van der Waals surface area contributed by atoms with E-state index in [1.54, 1.807) is 11.3 Å². The lowest BCUT2D eigenvalue weighted by molar-refractivity contribution is -0.127. The number of likely N-dealkylation sites (tertiary alicyclic amines) is 1. The van der Waals surface area contributed by atoms with Crippen LogP contribution in [0.2, 0.25) is 0 Å². The molecule has 0 aliphatic carbocycles. The lowest BCUT2D eigenvalue weighted by Gasteiger charge is -2.14. The third-order valence-electron chi connectivity index (χ3n) is 3.97. The fourth-order valence-corrected chi connectivity index (χ4v) is 4.53. The van der Waals surface area contributed by atoms with E-state index in [1.165, 1.54) is 11.8 Å². The zero-order valence-corrected chi connectivity index (χ0v) is 14.1. The molecule has 1 aliphatic rings. The number of rotatable bonds is 4. The van der Waals surface area contributed by atoms with Crippen molar-refractivity contribution < 1.29 is 4.79 Å². The fraction of sp³-hybridized carbons (Fsp3) is 0.312. The number of thioether (sulfide) groups is 1. The van der Waals surface area contributed by atoms with Crippen molar-refractivity contribution in [1.82, 2.24) is 19.5 Å². The minimum Gasteiger partial charge on any atom is -0.342 e. The largest absolute Gasteiger partial charge is 0.342 e. The summed E-state index contributed by atoms with van der Waals surface area (Å²) in [7, 11) is 0. The predicted molar refractivity (Wildman–Crippen MR) is 92.8 cm³/mol. The first-order valence-electron chi connectivity index (χ1n) is 7.61. The van der Waals surface area contributed by atoms with Gasteiger partial charge in [0.2, 0.25) is 10.9 Å². The molecule has 1 saturated heterocycles. The van der Waals surface area contributed by atoms with Gasteiger partial charge in [0.1, 0.15) is 0 Å². The highest BCUT2D eigenvalue weighted by Gasteiger charge is 2.20. The minimum absolute atomic E-state index is 0.195. The molecule has 0 N–H and O–H groups in total. The molecule has 0 spiro atoms. The first-order valence-corrected chi connectivity index (χ1v) is 9.48. The third kappa shape index (κ3) is 2.86. The number of amides is 1. The number of hydrogen-bond acceptors (Lipinski definition) is 5. The number of fused-ring (bicyclic) bond motifs is 1. The molecule has 1 fully saturated rings. The Morgan fingerprint density at radius 3 is 2.74 bits per heavy atom. The van der Waals surface area contributed by atoms with E-state index >= 15 is 0 Å². The summed E-state index contributed by atoms with van der Waals surface area (Å²) in [6.07, 6.45) is 2.24. The van der Waals surface area contributed by atoms with Gasteiger partial charge >= 0.3 is 0 Å². The predicted octanol–water partition coefficient (Wildman–Crippen LogP) is 3.17. The number of thiazole rings is 1. The van der Waals surface area contributed by atoms with Gasteiger partial charge in [-0.25, -0.2) is 0 Å². The van der Waals surface area contributed by atoms with Crippen LogP contribution in [0.1, 0.15) is 12.8 Å². The van der Waals surface area contributed by atoms with Gasteiger partial charge in [-0.05, 0) is 18.4 Å². The second-order valence-electron chi connectivity index (χ2n) is 5.46. The molecule has 2 aromatic heterocycles. The normalized spacial score (nSPS) is 14.7. The SMILES string of the molecule is O=C(CSc1nnc2scc(-c3ccccc3)n12)N1CCCC1. The van der Waals surface area contributed by atoms with Crippen molar-refractivity contribution in [2.24, 2.45) is 0 Å². The van der Waals surface area contributed by atoms with Gasteiger partial charge in [0.05, 0.1) is 11.4 Å². The second kappa shape index (κ2) is 6.33. The first kappa shape index (κ1) is 14.7. The molecule has 3 aromatic rings. The standard InChI is InChI=1S/C16H16N4OS2/c21-14(19-8-4-5-9-19)11-23-16-18-17-15-20(16)13(10-22-15)12-6-2-1-3-7-12/h1-3,6-7,10H,4-5,8-9,11H2. The summed E-state index contributed by atoms with van der Waals surface area (Å²) >= 11 is 3.04. The lowest BCUT2D eigenvalue weighted by Crippen LogP contribution is -2.29. The molecular formula is C16H16N4OS2. The lowest BCUT2D eigenvalue weighted by atomic mass is 10.2. The maximum Gasteiger partial charge on any atom is 0.233 e. The van der Waals surface area contributed by atoms with E-state index in [-0.39, 0.29) is 5.91 Å². The van der Waals surface area contributed by atoms with Crippen molar-refractivity contribution in [3.63, 3.8) is 0 Å². The Labute approximate surface area is 142 Å². The summed E-state index contributed by atoms with van der Waals surface area (Å²) in [6, 6.07) is 10.2. The molecule has 1 amide bonds. The van der Waals surface area contributed by atoms with Gasteiger partial charge in [-0.15, -0.1) is 21.5 Å². The highest BCUT2D eigenvalue weighted by Crippen LogP contribution is 2.29. The molecule has 0 radical (unpaired) electrons. The molecular weight excluding hydrogens is 328 g/mol. The highest BCUT2D eigenvalue weighted by molar-refractivity contribution is 7.99. The van der Waals surface area contributed by atoms with E-state index in [9.17, 15) is 4.79 Å². The van der Waals surface area contributed by atoms with Crippen molar-refractivity contribution in [3.8, 4) is 11.3 Å². The Balaban J connectivity index is 1.58. The van der Waals surface area contributed by atoms with Crippen LogP contribution in [0.3, 0.4) is 0 Å². The fourth-order valence-electron chi connectivity index (χ4n) is 2.78. The third-order valence-corrected chi connectivity index (χ3v) is 5.70. The number of benzene rings is 1. The van der Waals surface area contributed by atoms with Gasteiger partial charge < -0.3 is 4.90 Å². The van der Waals surface area contributed by atoms with Crippen LogP contribution in [-0.2, 0) is 4.79 Å². The molecule has 0 atom stereocenters. The van der Waals surface area contributed by atoms with Gasteiger partial charge in [0, 0.05) is 18.5 Å². The molecule has 1 aromatic carbocycles. The summed E-state index contributed by atoms with van der Waals surface area (Å²) in [5.41, 5.74) is 2.21. The summed E-state index contributed by atoms with van der Waals surface area (Å²) in [5, 5.41) is 11.4. The van der Waals surface area contributed by atoms with E-state index in [2.05, 4.69) is 27.7 Å². The van der Waals surface area contributed by atoms with Crippen molar-refractivity contribution in [3.05, 3.63) is 35.7 Å². The topological polar surface area (TPSA) is 50.5 Å². The molecule has 7 heteroatoms. The van der Waals surface area contributed by atoms with Crippen LogP contribution in [0, 0.1) is 0 Å². The van der Waals surface area contributed by atoms with Gasteiger partial charge in [0.15, 0.2) is 5.16 Å². The number of carbonyl (C=O) groups excluding carboxylic acids is 1. The molecule has 23 heavy (non-hydrogen) atoms. The molecule has 3 heterocycles. The van der Waals surface area contributed by atoms with E-state index in [0.29, 0.717) is 5.75 Å². The molecule has 0 saturated carbocycles. The Bertz CT molecular complexity index is 821. The van der Waals surface area contributed by atoms with Crippen LogP contribution in [0.5, 0.6) is 0 Å². The second-order valence-corrected chi connectivity index (χ2v) is 7.24. The van der Waals surface area contributed by atoms with Gasteiger partial charge in [-0.3, -0.25) is 9.20 Å². The average Bonchev–Trinajstić information content (AvgIpc) is 3.31. The van der Waals surface area contributed by atoms with Gasteiger partial charge in [-0.2, -0.15) is 0 Å². The molecule has 5 nitrogen and oxygen atoms in total. The van der Waals surface area contributed by atoms with Gasteiger partial charge in [-0.1, -0.05) is 42.1 Å². The summed E-state index contributed by atoms with van der Waals surface area (Å²) in [5.74, 6) is 0.617. The maximum absolute atomic E-state index is 12.2. The zero-order chi connectivity index (χ0) is 15.6. The number of nitrogens with zero attached hydrogens (tertiary/aromatic N) is 4. The summed E-state index contributed by atoms with van der Waals surface area (Å²) in [6.45, 7) is 1.78. The molecule has 4 rings (SSSR count). The average molecular weight is 344 g/mol. The minimum atomic E-state index is 0.195. The Hall–Kier alpha value is -1.86. The number of aromatic nitrogens is 3. The van der Waals surface area contributed by atoms with Crippen molar-refractivity contribution in [2.45, 2.75) is 18.0 Å². The smallest absolute Gasteiger partial charge is 0.233 e. The molecule has 0 bridgehead atoms. The van der Waals surface area contributed by atoms with E-state index in [1.807, 2.05) is 27.5 Å². The van der Waals surface area contributed by atoms with E-state index < -0.39 is 0 Å². The Kier molecular flexibility index (Phi) is 4.05. The molecule has 0 unspecified atom stereocenters. The van der Waals surface area contributed by atoms with Crippen LogP contribution in [0.4, 0.5) is 0 Å². The van der Waals surface area contributed by atoms with E-state index in [0.717, 1.165) is 47.3 Å². The highest BCUT2D eigenvalue weighted by atomic mass is 32.2. The van der Waals surface area contributed by atoms with Crippen LogP contribution in [0.15, 0.2) is 40.9 Å². The first-order chi connectivity index (χ1) is 11.3. The summed E-state index contributed by atoms with van der Waals surface area (Å²) < 4.78 is 2.04. The molecule has 118 valence electrons. The maximum atomic E-state index is 12.2. The van der Waals surface area contributed by atoms with Crippen LogP contribution < -0.4 is 0 Å². The van der Waals surface area contributed by atoms with Gasteiger partial charge in [0.25, 0.3) is 0 Å². The van der Waals surface area contributed by atoms with Crippen LogP contribution in [-0.4, -0.2) is 44.2 Å². The number of carbonyl (C=O) groups is 1. The van der Waals surface area contributed by atoms with Crippen molar-refractivity contribution in [2.75, 3.05) is 18.8 Å². The summed E-state index contributed by atoms with van der Waals surface area (Å²) in [4.78, 5) is 15.0. The zero-order valence-electron chi connectivity index (χ0n) is 12.5. The number of hydrogen-bond donors (Lipinski definition) is 0. The van der Waals surface area contributed by atoms with Crippen LogP contribution in [0.25, 0.3) is 16.2 Å². The van der Waals surface area contributed by atoms with E-state index in [4.69, 9.17) is 0 Å². The molecule has 1 aliphatic heterocycles. The Morgan fingerprint density at radius 2 is 1.96 bits per heavy atom. The van der Waals surface area contributed by atoms with Crippen LogP contribution >= 0.6 is 23.1 Å². The van der Waals surface area contributed by atoms with Crippen molar-refractivity contribution in [1.29, 1.82) is 0 Å². The Morgan fingerprint density at radius 1 is 1.17 bits per heavy atom. The van der Waals surface area contributed by atoms with Crippen molar-refractivity contribution >= 4 is 34.0 Å². The quantitative estimate of drug-likeness (QED) is 0.682. The monoisotopic (exact) mass is 344 g/mol.